The van der Waals surface area contributed by atoms with E-state index < -0.39 is 23.7 Å². The largest absolute Gasteiger partial charge is 0.366 e. The maximum atomic E-state index is 13.4. The van der Waals surface area contributed by atoms with Crippen molar-refractivity contribution >= 4 is 17.5 Å². The minimum absolute atomic E-state index is 0.102. The Labute approximate surface area is 98.0 Å². The van der Waals surface area contributed by atoms with Gasteiger partial charge in [-0.3, -0.25) is 9.59 Å². The Morgan fingerprint density at radius 1 is 1.47 bits per heavy atom. The first-order valence-corrected chi connectivity index (χ1v) is 5.11. The molecule has 0 spiro atoms. The van der Waals surface area contributed by atoms with Crippen LogP contribution >= 0.6 is 0 Å². The molecule has 0 unspecified atom stereocenters. The number of halogens is 1. The molecule has 1 atom stereocenters. The number of anilines is 1. The SMILES string of the molecule is CC[C@H](N)C(=O)Nc1cc(C(N)=O)ccc1F. The number of rotatable bonds is 4. The fraction of sp³-hybridized carbons (Fsp3) is 0.273. The molecule has 6 heteroatoms. The molecule has 0 saturated heterocycles. The van der Waals surface area contributed by atoms with E-state index in [1.54, 1.807) is 6.92 Å². The first kappa shape index (κ1) is 13.1. The van der Waals surface area contributed by atoms with Crippen LogP contribution in [0.3, 0.4) is 0 Å². The van der Waals surface area contributed by atoms with Crippen molar-refractivity contribution in [3.8, 4) is 0 Å². The van der Waals surface area contributed by atoms with E-state index in [9.17, 15) is 14.0 Å². The van der Waals surface area contributed by atoms with Crippen LogP contribution in [0.1, 0.15) is 23.7 Å². The van der Waals surface area contributed by atoms with E-state index in [1.807, 2.05) is 0 Å². The molecule has 2 amide bonds. The van der Waals surface area contributed by atoms with Crippen molar-refractivity contribution in [1.29, 1.82) is 0 Å². The van der Waals surface area contributed by atoms with Gasteiger partial charge in [0, 0.05) is 5.56 Å². The Kier molecular flexibility index (Phi) is 4.17. The zero-order chi connectivity index (χ0) is 13.0. The molecule has 17 heavy (non-hydrogen) atoms. The summed E-state index contributed by atoms with van der Waals surface area (Å²) in [5.41, 5.74) is 10.6. The molecule has 0 heterocycles. The highest BCUT2D eigenvalue weighted by molar-refractivity contribution is 5.97. The third-order valence-corrected chi connectivity index (χ3v) is 2.29. The summed E-state index contributed by atoms with van der Waals surface area (Å²) in [5.74, 6) is -1.85. The molecule has 0 aliphatic rings. The predicted molar refractivity (Wildman–Crippen MR) is 61.8 cm³/mol. The van der Waals surface area contributed by atoms with Gasteiger partial charge in [-0.1, -0.05) is 6.92 Å². The van der Waals surface area contributed by atoms with E-state index in [2.05, 4.69) is 5.32 Å². The zero-order valence-electron chi connectivity index (χ0n) is 9.37. The van der Waals surface area contributed by atoms with Gasteiger partial charge in [-0.05, 0) is 24.6 Å². The molecular weight excluding hydrogens is 225 g/mol. The smallest absolute Gasteiger partial charge is 0.248 e. The van der Waals surface area contributed by atoms with Crippen LogP contribution in [0.25, 0.3) is 0 Å². The molecule has 1 rings (SSSR count). The second kappa shape index (κ2) is 5.40. The lowest BCUT2D eigenvalue weighted by molar-refractivity contribution is -0.117. The van der Waals surface area contributed by atoms with E-state index in [1.165, 1.54) is 12.1 Å². The van der Waals surface area contributed by atoms with Gasteiger partial charge in [0.25, 0.3) is 0 Å². The number of hydrogen-bond acceptors (Lipinski definition) is 3. The Hall–Kier alpha value is -1.95. The van der Waals surface area contributed by atoms with Crippen molar-refractivity contribution in [3.63, 3.8) is 0 Å². The first-order valence-electron chi connectivity index (χ1n) is 5.11. The van der Waals surface area contributed by atoms with Gasteiger partial charge in [-0.15, -0.1) is 0 Å². The van der Waals surface area contributed by atoms with Crippen molar-refractivity contribution in [1.82, 2.24) is 0 Å². The van der Waals surface area contributed by atoms with Gasteiger partial charge >= 0.3 is 0 Å². The van der Waals surface area contributed by atoms with Crippen LogP contribution in [-0.4, -0.2) is 17.9 Å². The van der Waals surface area contributed by atoms with Crippen molar-refractivity contribution in [2.75, 3.05) is 5.32 Å². The second-order valence-electron chi connectivity index (χ2n) is 3.56. The van der Waals surface area contributed by atoms with Crippen molar-refractivity contribution in [2.45, 2.75) is 19.4 Å². The summed E-state index contributed by atoms with van der Waals surface area (Å²) < 4.78 is 13.4. The number of nitrogens with one attached hydrogen (secondary N) is 1. The maximum Gasteiger partial charge on any atom is 0.248 e. The normalized spacial score (nSPS) is 11.9. The molecule has 0 aromatic heterocycles. The molecule has 0 bridgehead atoms. The second-order valence-corrected chi connectivity index (χ2v) is 3.56. The average Bonchev–Trinajstić information content (AvgIpc) is 2.30. The van der Waals surface area contributed by atoms with Crippen LogP contribution in [0.4, 0.5) is 10.1 Å². The van der Waals surface area contributed by atoms with Crippen LogP contribution in [0.5, 0.6) is 0 Å². The summed E-state index contributed by atoms with van der Waals surface area (Å²) in [5, 5.41) is 2.31. The van der Waals surface area contributed by atoms with Gasteiger partial charge in [0.2, 0.25) is 11.8 Å². The molecule has 0 aliphatic heterocycles. The molecular formula is C11H14FN3O2. The topological polar surface area (TPSA) is 98.2 Å². The molecule has 0 saturated carbocycles. The number of benzene rings is 1. The predicted octanol–water partition coefficient (Wildman–Crippen LogP) is 0.600. The number of hydrogen-bond donors (Lipinski definition) is 3. The molecule has 0 fully saturated rings. The third kappa shape index (κ3) is 3.25. The molecule has 92 valence electrons. The van der Waals surface area contributed by atoms with E-state index in [4.69, 9.17) is 11.5 Å². The summed E-state index contributed by atoms with van der Waals surface area (Å²) in [7, 11) is 0. The van der Waals surface area contributed by atoms with Crippen LogP contribution in [-0.2, 0) is 4.79 Å². The molecule has 0 aliphatic carbocycles. The van der Waals surface area contributed by atoms with Crippen molar-refractivity contribution in [2.24, 2.45) is 11.5 Å². The number of carbonyl (C=O) groups is 2. The lowest BCUT2D eigenvalue weighted by atomic mass is 10.1. The highest BCUT2D eigenvalue weighted by atomic mass is 19.1. The van der Waals surface area contributed by atoms with Crippen LogP contribution in [0, 0.1) is 5.82 Å². The van der Waals surface area contributed by atoms with E-state index in [-0.39, 0.29) is 11.3 Å². The van der Waals surface area contributed by atoms with E-state index in [0.717, 1.165) is 6.07 Å². The van der Waals surface area contributed by atoms with Gasteiger partial charge in [0.1, 0.15) is 5.82 Å². The fourth-order valence-electron chi connectivity index (χ4n) is 1.19. The third-order valence-electron chi connectivity index (χ3n) is 2.29. The van der Waals surface area contributed by atoms with Crippen LogP contribution < -0.4 is 16.8 Å². The van der Waals surface area contributed by atoms with Crippen molar-refractivity contribution in [3.05, 3.63) is 29.6 Å². The molecule has 1 aromatic rings. The minimum Gasteiger partial charge on any atom is -0.366 e. The number of carbonyl (C=O) groups excluding carboxylic acids is 2. The minimum atomic E-state index is -0.716. The zero-order valence-corrected chi connectivity index (χ0v) is 9.37. The van der Waals surface area contributed by atoms with Gasteiger partial charge in [0.05, 0.1) is 11.7 Å². The summed E-state index contributed by atoms with van der Waals surface area (Å²) in [6, 6.07) is 2.77. The van der Waals surface area contributed by atoms with Gasteiger partial charge in [-0.2, -0.15) is 0 Å². The monoisotopic (exact) mass is 239 g/mol. The quantitative estimate of drug-likeness (QED) is 0.717. The summed E-state index contributed by atoms with van der Waals surface area (Å²) in [6.45, 7) is 1.74. The maximum absolute atomic E-state index is 13.4. The lowest BCUT2D eigenvalue weighted by Gasteiger charge is -2.11. The Balaban J connectivity index is 2.94. The fourth-order valence-corrected chi connectivity index (χ4v) is 1.19. The highest BCUT2D eigenvalue weighted by Crippen LogP contribution is 2.16. The summed E-state index contributed by atoms with van der Waals surface area (Å²) in [4.78, 5) is 22.4. The number of nitrogens with two attached hydrogens (primary N) is 2. The molecule has 0 radical (unpaired) electrons. The Morgan fingerprint density at radius 3 is 2.65 bits per heavy atom. The van der Waals surface area contributed by atoms with Crippen molar-refractivity contribution < 1.29 is 14.0 Å². The number of primary amides is 1. The van der Waals surface area contributed by atoms with E-state index in [0.29, 0.717) is 6.42 Å². The molecule has 1 aromatic carbocycles. The molecule has 5 nitrogen and oxygen atoms in total. The molecule has 5 N–H and O–H groups in total. The van der Waals surface area contributed by atoms with Crippen LogP contribution in [0.2, 0.25) is 0 Å². The standard InChI is InChI=1S/C11H14FN3O2/c1-2-8(13)11(17)15-9-5-6(10(14)16)3-4-7(9)12/h3-5,8H,2,13H2,1H3,(H2,14,16)(H,15,17)/t8-/m0/s1. The van der Waals surface area contributed by atoms with Gasteiger partial charge in [0.15, 0.2) is 0 Å². The van der Waals surface area contributed by atoms with Crippen LogP contribution in [0.15, 0.2) is 18.2 Å². The van der Waals surface area contributed by atoms with Gasteiger partial charge in [-0.25, -0.2) is 4.39 Å². The summed E-state index contributed by atoms with van der Waals surface area (Å²) in [6.07, 6.45) is 0.433. The average molecular weight is 239 g/mol. The Morgan fingerprint density at radius 2 is 2.12 bits per heavy atom. The lowest BCUT2D eigenvalue weighted by Crippen LogP contribution is -2.35. The Bertz CT molecular complexity index is 448. The van der Waals surface area contributed by atoms with E-state index >= 15 is 0 Å². The summed E-state index contributed by atoms with van der Waals surface area (Å²) >= 11 is 0. The first-order chi connectivity index (χ1) is 7.95. The number of amides is 2. The highest BCUT2D eigenvalue weighted by Gasteiger charge is 2.14. The van der Waals surface area contributed by atoms with Gasteiger partial charge < -0.3 is 16.8 Å².